The molecule has 0 aliphatic carbocycles. The molecule has 2 rings (SSSR count). The zero-order valence-corrected chi connectivity index (χ0v) is 8.84. The highest BCUT2D eigenvalue weighted by molar-refractivity contribution is 9.10. The fraction of sp³-hybridized carbons (Fsp3) is 0.222. The van der Waals surface area contributed by atoms with Crippen molar-refractivity contribution in [2.75, 3.05) is 6.54 Å². The number of hydrogen-bond donors (Lipinski definition) is 3. The Morgan fingerprint density at radius 1 is 1.50 bits per heavy atom. The third kappa shape index (κ3) is 1.68. The summed E-state index contributed by atoms with van der Waals surface area (Å²) >= 11 is 3.23. The van der Waals surface area contributed by atoms with E-state index in [0.29, 0.717) is 11.0 Å². The number of hydrogen-bond acceptors (Lipinski definition) is 2. The molecule has 1 aromatic carbocycles. The second-order valence-corrected chi connectivity index (χ2v) is 3.97. The van der Waals surface area contributed by atoms with E-state index in [0.717, 1.165) is 5.56 Å². The van der Waals surface area contributed by atoms with Crippen LogP contribution in [0.3, 0.4) is 0 Å². The van der Waals surface area contributed by atoms with Gasteiger partial charge in [0.25, 0.3) is 0 Å². The summed E-state index contributed by atoms with van der Waals surface area (Å²) in [4.78, 5) is 10.9. The molecule has 1 atom stereocenters. The lowest BCUT2D eigenvalue weighted by Gasteiger charge is -2.09. The van der Waals surface area contributed by atoms with Crippen LogP contribution in [0.2, 0.25) is 0 Å². The van der Waals surface area contributed by atoms with Crippen LogP contribution in [0.15, 0.2) is 22.7 Å². The van der Waals surface area contributed by atoms with Crippen LogP contribution in [0, 0.1) is 0 Å². The Bertz CT molecular complexity index is 381. The second kappa shape index (κ2) is 3.49. The molecule has 0 saturated carbocycles. The maximum Gasteiger partial charge on any atom is 0.315 e. The molecule has 1 saturated heterocycles. The minimum Gasteiger partial charge on any atom is -0.507 e. The molecule has 3 N–H and O–H groups in total. The van der Waals surface area contributed by atoms with Crippen LogP contribution in [0.5, 0.6) is 5.75 Å². The van der Waals surface area contributed by atoms with E-state index in [4.69, 9.17) is 0 Å². The Morgan fingerprint density at radius 3 is 2.86 bits per heavy atom. The molecule has 1 aliphatic heterocycles. The van der Waals surface area contributed by atoms with Crippen molar-refractivity contribution in [1.29, 1.82) is 0 Å². The number of benzene rings is 1. The number of carbonyl (C=O) groups excluding carboxylic acids is 1. The molecule has 74 valence electrons. The lowest BCUT2D eigenvalue weighted by atomic mass is 10.1. The molecular formula is C9H9BrN2O2. The molecule has 4 nitrogen and oxygen atoms in total. The first-order valence-corrected chi connectivity index (χ1v) is 4.99. The molecule has 0 aromatic heterocycles. The lowest BCUT2D eigenvalue weighted by Crippen LogP contribution is -2.21. The third-order valence-corrected chi connectivity index (χ3v) is 2.78. The van der Waals surface area contributed by atoms with E-state index in [1.807, 2.05) is 0 Å². The zero-order valence-electron chi connectivity index (χ0n) is 7.25. The maximum atomic E-state index is 10.9. The Hall–Kier alpha value is -1.23. The number of nitrogens with one attached hydrogen (secondary N) is 2. The van der Waals surface area contributed by atoms with Crippen molar-refractivity contribution in [3.8, 4) is 5.75 Å². The maximum absolute atomic E-state index is 10.9. The molecule has 1 aromatic rings. The summed E-state index contributed by atoms with van der Waals surface area (Å²) in [6, 6.07) is 5.02. The largest absolute Gasteiger partial charge is 0.507 e. The molecule has 1 heterocycles. The van der Waals surface area contributed by atoms with Gasteiger partial charge in [-0.3, -0.25) is 0 Å². The van der Waals surface area contributed by atoms with Gasteiger partial charge in [-0.2, -0.15) is 0 Å². The van der Waals surface area contributed by atoms with Crippen LogP contribution >= 0.6 is 15.9 Å². The van der Waals surface area contributed by atoms with Gasteiger partial charge in [-0.15, -0.1) is 0 Å². The van der Waals surface area contributed by atoms with Gasteiger partial charge < -0.3 is 15.7 Å². The molecule has 5 heteroatoms. The minimum atomic E-state index is -0.154. The van der Waals surface area contributed by atoms with Crippen molar-refractivity contribution in [1.82, 2.24) is 10.6 Å². The summed E-state index contributed by atoms with van der Waals surface area (Å²) < 4.78 is 0.635. The first-order valence-electron chi connectivity index (χ1n) is 4.19. The number of amides is 2. The summed E-state index contributed by atoms with van der Waals surface area (Å²) in [6.45, 7) is 0.579. The van der Waals surface area contributed by atoms with Crippen LogP contribution in [-0.4, -0.2) is 17.7 Å². The lowest BCUT2D eigenvalue weighted by molar-refractivity contribution is 0.247. The normalized spacial score (nSPS) is 20.4. The third-order valence-electron chi connectivity index (χ3n) is 2.15. The molecular weight excluding hydrogens is 248 g/mol. The van der Waals surface area contributed by atoms with Crippen LogP contribution in [-0.2, 0) is 0 Å². The predicted octanol–water partition coefficient (Wildman–Crippen LogP) is 1.51. The van der Waals surface area contributed by atoms with E-state index in [1.165, 1.54) is 0 Å². The second-order valence-electron chi connectivity index (χ2n) is 3.12. The summed E-state index contributed by atoms with van der Waals surface area (Å²) in [6.07, 6.45) is 0. The van der Waals surface area contributed by atoms with Crippen molar-refractivity contribution in [3.05, 3.63) is 28.2 Å². The van der Waals surface area contributed by atoms with Gasteiger partial charge in [-0.25, -0.2) is 4.79 Å². The number of phenols is 1. The van der Waals surface area contributed by atoms with Gasteiger partial charge in [0.05, 0.1) is 10.5 Å². The predicted molar refractivity (Wildman–Crippen MR) is 55.1 cm³/mol. The van der Waals surface area contributed by atoms with Gasteiger partial charge in [0.15, 0.2) is 0 Å². The van der Waals surface area contributed by atoms with Gasteiger partial charge >= 0.3 is 6.03 Å². The number of rotatable bonds is 1. The van der Waals surface area contributed by atoms with E-state index in [-0.39, 0.29) is 17.8 Å². The summed E-state index contributed by atoms with van der Waals surface area (Å²) in [5.74, 6) is 0.200. The van der Waals surface area contributed by atoms with Crippen molar-refractivity contribution in [3.63, 3.8) is 0 Å². The van der Waals surface area contributed by atoms with Gasteiger partial charge in [0.2, 0.25) is 0 Å². The molecule has 0 radical (unpaired) electrons. The van der Waals surface area contributed by atoms with E-state index in [9.17, 15) is 9.90 Å². The van der Waals surface area contributed by atoms with E-state index >= 15 is 0 Å². The summed E-state index contributed by atoms with van der Waals surface area (Å²) in [5, 5.41) is 14.7. The number of urea groups is 1. The zero-order chi connectivity index (χ0) is 10.1. The van der Waals surface area contributed by atoms with Crippen molar-refractivity contribution in [2.45, 2.75) is 6.04 Å². The number of aromatic hydroxyl groups is 1. The average molecular weight is 257 g/mol. The summed E-state index contributed by atoms with van der Waals surface area (Å²) in [5.41, 5.74) is 0.966. The van der Waals surface area contributed by atoms with Crippen molar-refractivity contribution < 1.29 is 9.90 Å². The van der Waals surface area contributed by atoms with E-state index < -0.39 is 0 Å². The van der Waals surface area contributed by atoms with Gasteiger partial charge in [0.1, 0.15) is 5.75 Å². The highest BCUT2D eigenvalue weighted by Gasteiger charge is 2.21. The molecule has 2 amide bonds. The Kier molecular flexibility index (Phi) is 2.33. The summed E-state index contributed by atoms with van der Waals surface area (Å²) in [7, 11) is 0. The fourth-order valence-electron chi connectivity index (χ4n) is 1.40. The molecule has 14 heavy (non-hydrogen) atoms. The van der Waals surface area contributed by atoms with Gasteiger partial charge in [-0.1, -0.05) is 6.07 Å². The van der Waals surface area contributed by atoms with Crippen LogP contribution in [0.4, 0.5) is 4.79 Å². The standard InChI is InChI=1S/C9H9BrN2O2/c10-6-3-5(1-2-8(6)13)7-4-11-9(14)12-7/h1-3,7,13H,4H2,(H2,11,12,14)/t7-/m0/s1. The quantitative estimate of drug-likeness (QED) is 0.714. The molecule has 0 unspecified atom stereocenters. The Labute approximate surface area is 89.4 Å². The fourth-order valence-corrected chi connectivity index (χ4v) is 1.79. The molecule has 0 spiro atoms. The number of phenolic OH excluding ortho intramolecular Hbond substituents is 1. The molecule has 0 bridgehead atoms. The van der Waals surface area contributed by atoms with Crippen molar-refractivity contribution >= 4 is 22.0 Å². The highest BCUT2D eigenvalue weighted by atomic mass is 79.9. The smallest absolute Gasteiger partial charge is 0.315 e. The topological polar surface area (TPSA) is 61.4 Å². The first-order chi connectivity index (χ1) is 6.66. The minimum absolute atomic E-state index is 0.0144. The van der Waals surface area contributed by atoms with Gasteiger partial charge in [0, 0.05) is 6.54 Å². The monoisotopic (exact) mass is 256 g/mol. The van der Waals surface area contributed by atoms with Crippen molar-refractivity contribution in [2.24, 2.45) is 0 Å². The van der Waals surface area contributed by atoms with Gasteiger partial charge in [-0.05, 0) is 33.6 Å². The molecule has 1 aliphatic rings. The molecule has 1 fully saturated rings. The number of halogens is 1. The highest BCUT2D eigenvalue weighted by Crippen LogP contribution is 2.27. The SMILES string of the molecule is O=C1NC[C@@H](c2ccc(O)c(Br)c2)N1. The van der Waals surface area contributed by atoms with E-state index in [2.05, 4.69) is 26.6 Å². The van der Waals surface area contributed by atoms with E-state index in [1.54, 1.807) is 18.2 Å². The van der Waals surface area contributed by atoms with Crippen LogP contribution in [0.1, 0.15) is 11.6 Å². The van der Waals surface area contributed by atoms with Crippen LogP contribution < -0.4 is 10.6 Å². The average Bonchev–Trinajstić information content (AvgIpc) is 2.57. The van der Waals surface area contributed by atoms with Crippen LogP contribution in [0.25, 0.3) is 0 Å². The Balaban J connectivity index is 2.24. The Morgan fingerprint density at radius 2 is 2.29 bits per heavy atom. The first kappa shape index (κ1) is 9.33. The number of carbonyl (C=O) groups is 1.